The Labute approximate surface area is 78.6 Å². The van der Waals surface area contributed by atoms with Crippen molar-refractivity contribution in [2.45, 2.75) is 20.0 Å². The van der Waals surface area contributed by atoms with E-state index in [9.17, 15) is 5.11 Å². The van der Waals surface area contributed by atoms with E-state index < -0.39 is 6.10 Å². The zero-order chi connectivity index (χ0) is 9.84. The van der Waals surface area contributed by atoms with Gasteiger partial charge in [-0.05, 0) is 19.5 Å². The average molecular weight is 183 g/mol. The minimum Gasteiger partial charge on any atom is -0.385 e. The molecule has 1 unspecified atom stereocenters. The molecule has 0 saturated heterocycles. The van der Waals surface area contributed by atoms with Crippen LogP contribution in [0.15, 0.2) is 6.07 Å². The minimum absolute atomic E-state index is 0.467. The third-order valence-corrected chi connectivity index (χ3v) is 1.97. The van der Waals surface area contributed by atoms with Crippen LogP contribution < -0.4 is 5.32 Å². The molecular formula is C9H17N3O. The van der Waals surface area contributed by atoms with Crippen molar-refractivity contribution in [3.05, 3.63) is 17.5 Å². The van der Waals surface area contributed by atoms with Crippen molar-refractivity contribution in [1.82, 2.24) is 15.1 Å². The number of aliphatic hydroxyl groups excluding tert-OH is 1. The molecule has 1 aromatic heterocycles. The van der Waals surface area contributed by atoms with Crippen LogP contribution in [0.5, 0.6) is 0 Å². The molecule has 0 fully saturated rings. The van der Waals surface area contributed by atoms with Crippen molar-refractivity contribution in [2.75, 3.05) is 13.1 Å². The van der Waals surface area contributed by atoms with Gasteiger partial charge >= 0.3 is 0 Å². The van der Waals surface area contributed by atoms with Gasteiger partial charge in [0.1, 0.15) is 6.10 Å². The predicted molar refractivity (Wildman–Crippen MR) is 51.4 cm³/mol. The summed E-state index contributed by atoms with van der Waals surface area (Å²) in [5, 5.41) is 17.0. The lowest BCUT2D eigenvalue weighted by Crippen LogP contribution is -2.22. The molecule has 0 aliphatic heterocycles. The Balaban J connectivity index is 2.64. The summed E-state index contributed by atoms with van der Waals surface area (Å²) in [4.78, 5) is 0. The summed E-state index contributed by atoms with van der Waals surface area (Å²) in [5.41, 5.74) is 1.80. The Kier molecular flexibility index (Phi) is 3.45. The number of nitrogens with zero attached hydrogens (tertiary/aromatic N) is 2. The molecule has 13 heavy (non-hydrogen) atoms. The molecule has 4 heteroatoms. The van der Waals surface area contributed by atoms with Crippen molar-refractivity contribution < 1.29 is 5.11 Å². The molecular weight excluding hydrogens is 166 g/mol. The van der Waals surface area contributed by atoms with E-state index in [1.807, 2.05) is 27.0 Å². The van der Waals surface area contributed by atoms with Gasteiger partial charge in [0.25, 0.3) is 0 Å². The Morgan fingerprint density at radius 3 is 2.85 bits per heavy atom. The summed E-state index contributed by atoms with van der Waals surface area (Å²) in [5.74, 6) is 0. The lowest BCUT2D eigenvalue weighted by atomic mass is 10.2. The molecule has 1 aromatic rings. The normalized spacial score (nSPS) is 13.2. The SMILES string of the molecule is CCNCC(O)c1cc(C)nn1C. The van der Waals surface area contributed by atoms with Gasteiger partial charge in [0, 0.05) is 13.6 Å². The Morgan fingerprint density at radius 1 is 1.69 bits per heavy atom. The zero-order valence-electron chi connectivity index (χ0n) is 8.41. The number of nitrogens with one attached hydrogen (secondary N) is 1. The molecule has 0 saturated carbocycles. The van der Waals surface area contributed by atoms with Crippen LogP contribution in [0.2, 0.25) is 0 Å². The smallest absolute Gasteiger partial charge is 0.108 e. The van der Waals surface area contributed by atoms with Gasteiger partial charge in [0.05, 0.1) is 11.4 Å². The number of aliphatic hydroxyl groups is 1. The second-order valence-electron chi connectivity index (χ2n) is 3.16. The fourth-order valence-corrected chi connectivity index (χ4v) is 1.33. The van der Waals surface area contributed by atoms with Crippen LogP contribution >= 0.6 is 0 Å². The van der Waals surface area contributed by atoms with Crippen molar-refractivity contribution in [1.29, 1.82) is 0 Å². The molecule has 1 atom stereocenters. The van der Waals surface area contributed by atoms with Crippen LogP contribution in [0, 0.1) is 6.92 Å². The van der Waals surface area contributed by atoms with Crippen molar-refractivity contribution >= 4 is 0 Å². The fraction of sp³-hybridized carbons (Fsp3) is 0.667. The van der Waals surface area contributed by atoms with Gasteiger partial charge in [0.2, 0.25) is 0 Å². The molecule has 1 rings (SSSR count). The van der Waals surface area contributed by atoms with Gasteiger partial charge < -0.3 is 10.4 Å². The van der Waals surface area contributed by atoms with Crippen LogP contribution in [0.4, 0.5) is 0 Å². The molecule has 0 radical (unpaired) electrons. The van der Waals surface area contributed by atoms with E-state index in [4.69, 9.17) is 0 Å². The monoisotopic (exact) mass is 183 g/mol. The minimum atomic E-state index is -0.467. The summed E-state index contributed by atoms with van der Waals surface area (Å²) in [6, 6.07) is 1.90. The van der Waals surface area contributed by atoms with Crippen LogP contribution in [0.1, 0.15) is 24.4 Å². The molecule has 0 aliphatic carbocycles. The van der Waals surface area contributed by atoms with Gasteiger partial charge in [-0.15, -0.1) is 0 Å². The highest BCUT2D eigenvalue weighted by Gasteiger charge is 2.11. The average Bonchev–Trinajstić information content (AvgIpc) is 2.41. The Hall–Kier alpha value is -0.870. The predicted octanol–water partition coefficient (Wildman–Crippen LogP) is 0.371. The van der Waals surface area contributed by atoms with Crippen LogP contribution in [-0.2, 0) is 7.05 Å². The van der Waals surface area contributed by atoms with E-state index >= 15 is 0 Å². The molecule has 0 bridgehead atoms. The zero-order valence-corrected chi connectivity index (χ0v) is 8.41. The van der Waals surface area contributed by atoms with Gasteiger partial charge in [-0.2, -0.15) is 5.10 Å². The summed E-state index contributed by atoms with van der Waals surface area (Å²) < 4.78 is 1.72. The largest absolute Gasteiger partial charge is 0.385 e. The number of rotatable bonds is 4. The standard InChI is InChI=1S/C9H17N3O/c1-4-10-6-9(13)8-5-7(2)11-12(8)3/h5,9-10,13H,4,6H2,1-3H3. The van der Waals surface area contributed by atoms with Gasteiger partial charge in [-0.25, -0.2) is 0 Å². The lowest BCUT2D eigenvalue weighted by molar-refractivity contribution is 0.166. The Bertz CT molecular complexity index is 270. The molecule has 74 valence electrons. The number of hydrogen-bond acceptors (Lipinski definition) is 3. The van der Waals surface area contributed by atoms with Crippen molar-refractivity contribution in [3.8, 4) is 0 Å². The summed E-state index contributed by atoms with van der Waals surface area (Å²) in [6.45, 7) is 5.38. The highest BCUT2D eigenvalue weighted by molar-refractivity contribution is 5.11. The third-order valence-electron chi connectivity index (χ3n) is 1.97. The molecule has 4 nitrogen and oxygen atoms in total. The fourth-order valence-electron chi connectivity index (χ4n) is 1.33. The molecule has 0 aromatic carbocycles. The molecule has 2 N–H and O–H groups in total. The lowest BCUT2D eigenvalue weighted by Gasteiger charge is -2.10. The van der Waals surface area contributed by atoms with Crippen LogP contribution in [0.3, 0.4) is 0 Å². The highest BCUT2D eigenvalue weighted by Crippen LogP contribution is 2.11. The summed E-state index contributed by atoms with van der Waals surface area (Å²) in [7, 11) is 1.84. The van der Waals surface area contributed by atoms with Gasteiger partial charge in [-0.1, -0.05) is 6.92 Å². The van der Waals surface area contributed by atoms with Gasteiger partial charge in [-0.3, -0.25) is 4.68 Å². The Morgan fingerprint density at radius 2 is 2.38 bits per heavy atom. The topological polar surface area (TPSA) is 50.1 Å². The third kappa shape index (κ3) is 2.54. The van der Waals surface area contributed by atoms with Crippen LogP contribution in [0.25, 0.3) is 0 Å². The molecule has 0 amide bonds. The van der Waals surface area contributed by atoms with E-state index in [0.717, 1.165) is 17.9 Å². The summed E-state index contributed by atoms with van der Waals surface area (Å²) >= 11 is 0. The van der Waals surface area contributed by atoms with E-state index in [2.05, 4.69) is 10.4 Å². The first kappa shape index (κ1) is 10.2. The van der Waals surface area contributed by atoms with E-state index in [0.29, 0.717) is 6.54 Å². The summed E-state index contributed by atoms with van der Waals surface area (Å²) in [6.07, 6.45) is -0.467. The molecule has 0 spiro atoms. The van der Waals surface area contributed by atoms with Gasteiger partial charge in [0.15, 0.2) is 0 Å². The number of likely N-dealkylation sites (N-methyl/N-ethyl adjacent to an activating group) is 1. The number of hydrogen-bond donors (Lipinski definition) is 2. The maximum Gasteiger partial charge on any atom is 0.108 e. The van der Waals surface area contributed by atoms with E-state index in [1.54, 1.807) is 4.68 Å². The maximum absolute atomic E-state index is 9.72. The van der Waals surface area contributed by atoms with Crippen molar-refractivity contribution in [2.24, 2.45) is 7.05 Å². The second-order valence-corrected chi connectivity index (χ2v) is 3.16. The first-order chi connectivity index (χ1) is 6.15. The van der Waals surface area contributed by atoms with E-state index in [1.165, 1.54) is 0 Å². The van der Waals surface area contributed by atoms with E-state index in [-0.39, 0.29) is 0 Å². The number of aryl methyl sites for hydroxylation is 2. The highest BCUT2D eigenvalue weighted by atomic mass is 16.3. The quantitative estimate of drug-likeness (QED) is 0.709. The van der Waals surface area contributed by atoms with Crippen LogP contribution in [-0.4, -0.2) is 28.0 Å². The second kappa shape index (κ2) is 4.39. The maximum atomic E-state index is 9.72. The van der Waals surface area contributed by atoms with Crippen molar-refractivity contribution in [3.63, 3.8) is 0 Å². The first-order valence-electron chi connectivity index (χ1n) is 4.54. The number of aromatic nitrogens is 2. The molecule has 1 heterocycles. The first-order valence-corrected chi connectivity index (χ1v) is 4.54. The molecule has 0 aliphatic rings.